The van der Waals surface area contributed by atoms with Crippen LogP contribution in [0.2, 0.25) is 5.02 Å². The number of imidazole rings is 1. The molecule has 0 spiro atoms. The monoisotopic (exact) mass is 477 g/mol. The van der Waals surface area contributed by atoms with Crippen molar-refractivity contribution in [2.24, 2.45) is 7.05 Å². The maximum atomic E-state index is 14.3. The summed E-state index contributed by atoms with van der Waals surface area (Å²) in [5.41, 5.74) is -0.848. The predicted octanol–water partition coefficient (Wildman–Crippen LogP) is 2.45. The number of nitrogens with zero attached hydrogens (tertiary/aromatic N) is 5. The maximum absolute atomic E-state index is 14.3. The summed E-state index contributed by atoms with van der Waals surface area (Å²) in [6.07, 6.45) is 1.60. The molecule has 0 saturated heterocycles. The van der Waals surface area contributed by atoms with Gasteiger partial charge in [-0.25, -0.2) is 9.18 Å². The Balaban J connectivity index is 1.95. The van der Waals surface area contributed by atoms with Gasteiger partial charge in [0.15, 0.2) is 22.7 Å². The van der Waals surface area contributed by atoms with Gasteiger partial charge in [0.1, 0.15) is 0 Å². The van der Waals surface area contributed by atoms with Gasteiger partial charge < -0.3 is 9.84 Å². The molecule has 0 bridgehead atoms. The van der Waals surface area contributed by atoms with Gasteiger partial charge in [-0.15, -0.1) is 0 Å². The third kappa shape index (κ3) is 4.24. The number of fused-ring (bicyclic) bond motifs is 1. The SMILES string of the molecule is Cn1c(=O)n(CCCO)c(=O)c2c1nc(Oc1cccc(F)c1F)n2Cc1ccc(Cl)cn1. The van der Waals surface area contributed by atoms with Gasteiger partial charge in [0.05, 0.1) is 17.3 Å². The lowest BCUT2D eigenvalue weighted by Crippen LogP contribution is -2.39. The highest BCUT2D eigenvalue weighted by Crippen LogP contribution is 2.28. The first-order valence-corrected chi connectivity index (χ1v) is 10.2. The summed E-state index contributed by atoms with van der Waals surface area (Å²) in [4.78, 5) is 34.4. The van der Waals surface area contributed by atoms with Gasteiger partial charge in [-0.1, -0.05) is 17.7 Å². The van der Waals surface area contributed by atoms with E-state index in [0.29, 0.717) is 10.7 Å². The number of aliphatic hydroxyl groups excluding tert-OH is 1. The van der Waals surface area contributed by atoms with Crippen LogP contribution in [0.25, 0.3) is 11.2 Å². The second kappa shape index (κ2) is 9.12. The van der Waals surface area contributed by atoms with Crippen molar-refractivity contribution in [1.82, 2.24) is 23.7 Å². The first-order valence-electron chi connectivity index (χ1n) is 9.85. The molecular weight excluding hydrogens is 460 g/mol. The summed E-state index contributed by atoms with van der Waals surface area (Å²) in [5.74, 6) is -2.79. The number of aromatic nitrogens is 5. The van der Waals surface area contributed by atoms with Gasteiger partial charge in [-0.2, -0.15) is 9.37 Å². The van der Waals surface area contributed by atoms with Gasteiger partial charge in [0.2, 0.25) is 5.82 Å². The Labute approximate surface area is 190 Å². The number of hydrogen-bond donors (Lipinski definition) is 1. The summed E-state index contributed by atoms with van der Waals surface area (Å²) < 4.78 is 37.0. The summed E-state index contributed by atoms with van der Waals surface area (Å²) in [5, 5.41) is 9.54. The minimum atomic E-state index is -1.23. The average Bonchev–Trinajstić information content (AvgIpc) is 3.15. The van der Waals surface area contributed by atoms with Crippen LogP contribution in [0.15, 0.2) is 46.1 Å². The number of aliphatic hydroxyl groups is 1. The highest BCUT2D eigenvalue weighted by molar-refractivity contribution is 6.30. The molecule has 0 atom stereocenters. The van der Waals surface area contributed by atoms with E-state index in [0.717, 1.165) is 15.2 Å². The number of pyridine rings is 1. The minimum absolute atomic E-state index is 0.00130. The summed E-state index contributed by atoms with van der Waals surface area (Å²) in [6.45, 7) is -0.265. The van der Waals surface area contributed by atoms with Crippen LogP contribution in [-0.2, 0) is 20.1 Å². The average molecular weight is 478 g/mol. The predicted molar refractivity (Wildman–Crippen MR) is 116 cm³/mol. The van der Waals surface area contributed by atoms with Gasteiger partial charge in [0, 0.05) is 26.4 Å². The summed E-state index contributed by atoms with van der Waals surface area (Å²) in [7, 11) is 1.42. The lowest BCUT2D eigenvalue weighted by molar-refractivity contribution is 0.277. The van der Waals surface area contributed by atoms with E-state index < -0.39 is 28.6 Å². The highest BCUT2D eigenvalue weighted by Gasteiger charge is 2.23. The Morgan fingerprint density at radius 3 is 2.64 bits per heavy atom. The fourth-order valence-corrected chi connectivity index (χ4v) is 3.44. The Morgan fingerprint density at radius 2 is 1.94 bits per heavy atom. The van der Waals surface area contributed by atoms with E-state index in [2.05, 4.69) is 9.97 Å². The molecule has 0 aliphatic carbocycles. The molecule has 12 heteroatoms. The molecular formula is C21H18ClF2N5O4. The molecule has 0 saturated carbocycles. The molecule has 172 valence electrons. The van der Waals surface area contributed by atoms with E-state index in [-0.39, 0.29) is 43.3 Å². The smallest absolute Gasteiger partial charge is 0.332 e. The molecule has 0 radical (unpaired) electrons. The lowest BCUT2D eigenvalue weighted by Gasteiger charge is -2.11. The van der Waals surface area contributed by atoms with E-state index in [1.807, 2.05) is 0 Å². The van der Waals surface area contributed by atoms with Gasteiger partial charge >= 0.3 is 11.7 Å². The molecule has 0 unspecified atom stereocenters. The minimum Gasteiger partial charge on any atom is -0.422 e. The van der Waals surface area contributed by atoms with E-state index in [1.165, 1.54) is 29.9 Å². The second-order valence-electron chi connectivity index (χ2n) is 7.15. The van der Waals surface area contributed by atoms with E-state index in [9.17, 15) is 18.4 Å². The molecule has 3 heterocycles. The van der Waals surface area contributed by atoms with Gasteiger partial charge in [-0.3, -0.25) is 23.5 Å². The number of halogens is 3. The van der Waals surface area contributed by atoms with Crippen LogP contribution in [0.1, 0.15) is 12.1 Å². The van der Waals surface area contributed by atoms with Crippen molar-refractivity contribution >= 4 is 22.8 Å². The fraction of sp³-hybridized carbons (Fsp3) is 0.238. The molecule has 33 heavy (non-hydrogen) atoms. The number of hydrogen-bond acceptors (Lipinski definition) is 6. The normalized spacial score (nSPS) is 11.3. The van der Waals surface area contributed by atoms with Crippen molar-refractivity contribution < 1.29 is 18.6 Å². The van der Waals surface area contributed by atoms with E-state index in [1.54, 1.807) is 12.1 Å². The van der Waals surface area contributed by atoms with Crippen LogP contribution < -0.4 is 16.0 Å². The van der Waals surface area contributed by atoms with E-state index in [4.69, 9.17) is 21.4 Å². The van der Waals surface area contributed by atoms with Gasteiger partial charge in [-0.05, 0) is 30.7 Å². The molecule has 0 fully saturated rings. The number of benzene rings is 1. The Bertz CT molecular complexity index is 1450. The standard InChI is InChI=1S/C21H18ClF2N5O4/c1-27-18-17(19(31)28(21(27)32)8-3-9-30)29(11-13-7-6-12(22)10-25-13)20(26-18)33-15-5-2-4-14(23)16(15)24/h2,4-7,10,30H,3,8-9,11H2,1H3. The molecule has 9 nitrogen and oxygen atoms in total. The first-order chi connectivity index (χ1) is 15.8. The van der Waals surface area contributed by atoms with Crippen LogP contribution in [0.5, 0.6) is 11.8 Å². The highest BCUT2D eigenvalue weighted by atomic mass is 35.5. The van der Waals surface area contributed by atoms with Crippen molar-refractivity contribution in [3.05, 3.63) is 79.7 Å². The van der Waals surface area contributed by atoms with Crippen LogP contribution >= 0.6 is 11.6 Å². The van der Waals surface area contributed by atoms with Crippen molar-refractivity contribution in [2.45, 2.75) is 19.5 Å². The molecule has 1 aromatic carbocycles. The fourth-order valence-electron chi connectivity index (χ4n) is 3.33. The summed E-state index contributed by atoms with van der Waals surface area (Å²) in [6, 6.07) is 6.39. The van der Waals surface area contributed by atoms with E-state index >= 15 is 0 Å². The number of aryl methyl sites for hydroxylation is 1. The topological polar surface area (TPSA) is 104 Å². The van der Waals surface area contributed by atoms with Crippen molar-refractivity contribution in [3.8, 4) is 11.8 Å². The molecule has 4 rings (SSSR count). The zero-order valence-corrected chi connectivity index (χ0v) is 18.1. The second-order valence-corrected chi connectivity index (χ2v) is 7.59. The molecule has 4 aromatic rings. The van der Waals surface area contributed by atoms with Crippen LogP contribution in [0.4, 0.5) is 8.78 Å². The van der Waals surface area contributed by atoms with Crippen molar-refractivity contribution in [3.63, 3.8) is 0 Å². The summed E-state index contributed by atoms with van der Waals surface area (Å²) >= 11 is 5.90. The Morgan fingerprint density at radius 1 is 1.15 bits per heavy atom. The Hall–Kier alpha value is -3.57. The quantitative estimate of drug-likeness (QED) is 0.438. The largest absolute Gasteiger partial charge is 0.422 e. The zero-order chi connectivity index (χ0) is 23.7. The van der Waals surface area contributed by atoms with Crippen LogP contribution in [0, 0.1) is 11.6 Å². The molecule has 0 aliphatic heterocycles. The van der Waals surface area contributed by atoms with Gasteiger partial charge in [0.25, 0.3) is 5.56 Å². The van der Waals surface area contributed by atoms with Crippen LogP contribution in [0.3, 0.4) is 0 Å². The number of rotatable bonds is 7. The lowest BCUT2D eigenvalue weighted by atomic mass is 10.3. The third-order valence-corrected chi connectivity index (χ3v) is 5.19. The first kappa shape index (κ1) is 22.6. The Kier molecular flexibility index (Phi) is 6.25. The molecule has 0 amide bonds. The third-order valence-electron chi connectivity index (χ3n) is 4.96. The zero-order valence-electron chi connectivity index (χ0n) is 17.3. The van der Waals surface area contributed by atoms with Crippen molar-refractivity contribution in [2.75, 3.05) is 6.61 Å². The molecule has 1 N–H and O–H groups in total. The maximum Gasteiger partial charge on any atom is 0.332 e. The molecule has 0 aliphatic rings. The van der Waals surface area contributed by atoms with Crippen molar-refractivity contribution in [1.29, 1.82) is 0 Å². The van der Waals surface area contributed by atoms with Crippen LogP contribution in [-0.4, -0.2) is 35.4 Å². The molecule has 3 aromatic heterocycles. The number of ether oxygens (including phenoxy) is 1.